The summed E-state index contributed by atoms with van der Waals surface area (Å²) < 4.78 is 4.65. The Kier molecular flexibility index (Phi) is 2.65. The SMILES string of the molecule is CCOC(=O)[C@@H]1CCC(=O)N1O. The van der Waals surface area contributed by atoms with Gasteiger partial charge in [0, 0.05) is 6.42 Å². The number of esters is 1. The first-order chi connectivity index (χ1) is 5.66. The summed E-state index contributed by atoms with van der Waals surface area (Å²) in [5, 5.41) is 9.49. The summed E-state index contributed by atoms with van der Waals surface area (Å²) >= 11 is 0. The predicted molar refractivity (Wildman–Crippen MR) is 38.3 cm³/mol. The maximum absolute atomic E-state index is 11.0. The molecule has 0 aromatic carbocycles. The van der Waals surface area contributed by atoms with Crippen molar-refractivity contribution >= 4 is 11.9 Å². The first kappa shape index (κ1) is 8.99. The zero-order valence-corrected chi connectivity index (χ0v) is 6.82. The van der Waals surface area contributed by atoms with Crippen LogP contribution in [0, 0.1) is 0 Å². The molecule has 1 amide bonds. The molecule has 1 aliphatic heterocycles. The van der Waals surface area contributed by atoms with Gasteiger partial charge < -0.3 is 4.74 Å². The molecular weight excluding hydrogens is 162 g/mol. The Labute approximate surface area is 69.9 Å². The van der Waals surface area contributed by atoms with Crippen molar-refractivity contribution in [3.05, 3.63) is 0 Å². The fraction of sp³-hybridized carbons (Fsp3) is 0.714. The van der Waals surface area contributed by atoms with Gasteiger partial charge >= 0.3 is 5.97 Å². The Balaban J connectivity index is 2.53. The molecule has 5 heteroatoms. The highest BCUT2D eigenvalue weighted by Crippen LogP contribution is 2.16. The van der Waals surface area contributed by atoms with Crippen LogP contribution in [0.4, 0.5) is 0 Å². The second kappa shape index (κ2) is 3.53. The van der Waals surface area contributed by atoms with E-state index in [1.165, 1.54) is 0 Å². The van der Waals surface area contributed by atoms with Gasteiger partial charge in [0.25, 0.3) is 0 Å². The zero-order chi connectivity index (χ0) is 9.14. The van der Waals surface area contributed by atoms with E-state index in [4.69, 9.17) is 5.21 Å². The van der Waals surface area contributed by atoms with Gasteiger partial charge in [-0.15, -0.1) is 0 Å². The number of amides is 1. The van der Waals surface area contributed by atoms with E-state index in [1.807, 2.05) is 0 Å². The minimum Gasteiger partial charge on any atom is -0.464 e. The standard InChI is InChI=1S/C7H11NO4/c1-2-12-7(10)5-3-4-6(9)8(5)11/h5,11H,2-4H2,1H3/t5-/m0/s1. The predicted octanol–water partition coefficient (Wildman–Crippen LogP) is -0.0703. The Morgan fingerprint density at radius 2 is 2.50 bits per heavy atom. The lowest BCUT2D eigenvalue weighted by atomic mass is 10.2. The summed E-state index contributed by atoms with van der Waals surface area (Å²) in [6.07, 6.45) is 0.550. The van der Waals surface area contributed by atoms with Crippen LogP contribution < -0.4 is 0 Å². The fourth-order valence-corrected chi connectivity index (χ4v) is 1.13. The van der Waals surface area contributed by atoms with Crippen molar-refractivity contribution in [2.45, 2.75) is 25.8 Å². The van der Waals surface area contributed by atoms with E-state index in [2.05, 4.69) is 4.74 Å². The highest BCUT2D eigenvalue weighted by Gasteiger charge is 2.36. The van der Waals surface area contributed by atoms with Gasteiger partial charge in [0.15, 0.2) is 6.04 Å². The number of nitrogens with zero attached hydrogens (tertiary/aromatic N) is 1. The van der Waals surface area contributed by atoms with Gasteiger partial charge in [-0.25, -0.2) is 9.86 Å². The molecule has 1 heterocycles. The molecule has 68 valence electrons. The molecule has 12 heavy (non-hydrogen) atoms. The Morgan fingerprint density at radius 1 is 1.83 bits per heavy atom. The molecule has 0 aliphatic carbocycles. The average Bonchev–Trinajstić information content (AvgIpc) is 2.34. The molecule has 0 radical (unpaired) electrons. The molecule has 0 spiro atoms. The quantitative estimate of drug-likeness (QED) is 0.469. The van der Waals surface area contributed by atoms with Gasteiger partial charge in [-0.1, -0.05) is 0 Å². The number of carbonyl (C=O) groups is 2. The van der Waals surface area contributed by atoms with Crippen LogP contribution in [-0.4, -0.2) is 34.8 Å². The molecular formula is C7H11NO4. The van der Waals surface area contributed by atoms with Crippen molar-refractivity contribution in [2.24, 2.45) is 0 Å². The third kappa shape index (κ3) is 1.55. The Morgan fingerprint density at radius 3 is 2.92 bits per heavy atom. The lowest BCUT2D eigenvalue weighted by molar-refractivity contribution is -0.179. The monoisotopic (exact) mass is 173 g/mol. The number of ether oxygens (including phenoxy) is 1. The summed E-state index contributed by atoms with van der Waals surface area (Å²) in [6.45, 7) is 1.94. The van der Waals surface area contributed by atoms with Crippen molar-refractivity contribution in [3.63, 3.8) is 0 Å². The molecule has 0 bridgehead atoms. The van der Waals surface area contributed by atoms with Crippen LogP contribution >= 0.6 is 0 Å². The van der Waals surface area contributed by atoms with Gasteiger partial charge in [-0.3, -0.25) is 10.0 Å². The minimum atomic E-state index is -0.794. The van der Waals surface area contributed by atoms with Crippen molar-refractivity contribution in [1.29, 1.82) is 0 Å². The highest BCUT2D eigenvalue weighted by atomic mass is 16.6. The van der Waals surface area contributed by atoms with E-state index in [9.17, 15) is 9.59 Å². The zero-order valence-electron chi connectivity index (χ0n) is 6.82. The number of carbonyl (C=O) groups excluding carboxylic acids is 2. The largest absolute Gasteiger partial charge is 0.464 e. The smallest absolute Gasteiger partial charge is 0.331 e. The van der Waals surface area contributed by atoms with Crippen LogP contribution in [-0.2, 0) is 14.3 Å². The van der Waals surface area contributed by atoms with Crippen LogP contribution in [0.25, 0.3) is 0 Å². The molecule has 0 unspecified atom stereocenters. The van der Waals surface area contributed by atoms with E-state index >= 15 is 0 Å². The van der Waals surface area contributed by atoms with E-state index in [0.717, 1.165) is 0 Å². The first-order valence-electron chi connectivity index (χ1n) is 3.84. The van der Waals surface area contributed by atoms with E-state index < -0.39 is 17.9 Å². The van der Waals surface area contributed by atoms with E-state index in [-0.39, 0.29) is 13.0 Å². The van der Waals surface area contributed by atoms with Gasteiger partial charge in [-0.05, 0) is 13.3 Å². The molecule has 1 aliphatic rings. The van der Waals surface area contributed by atoms with Crippen LogP contribution in [0.1, 0.15) is 19.8 Å². The molecule has 0 saturated carbocycles. The Hall–Kier alpha value is -1.10. The van der Waals surface area contributed by atoms with Gasteiger partial charge in [0.1, 0.15) is 0 Å². The Bertz CT molecular complexity index is 204. The first-order valence-corrected chi connectivity index (χ1v) is 3.84. The summed E-state index contributed by atoms with van der Waals surface area (Å²) in [5.41, 5.74) is 0. The van der Waals surface area contributed by atoms with Gasteiger partial charge in [-0.2, -0.15) is 0 Å². The molecule has 1 atom stereocenters. The third-order valence-electron chi connectivity index (χ3n) is 1.74. The molecule has 1 saturated heterocycles. The molecule has 1 N–H and O–H groups in total. The lowest BCUT2D eigenvalue weighted by Gasteiger charge is -2.15. The maximum Gasteiger partial charge on any atom is 0.331 e. The number of hydrogen-bond donors (Lipinski definition) is 1. The van der Waals surface area contributed by atoms with Crippen molar-refractivity contribution < 1.29 is 19.5 Å². The number of hydrogen-bond acceptors (Lipinski definition) is 4. The molecule has 0 aromatic rings. The van der Waals surface area contributed by atoms with Crippen molar-refractivity contribution in [3.8, 4) is 0 Å². The summed E-state index contributed by atoms with van der Waals surface area (Å²) in [6, 6.07) is -0.794. The van der Waals surface area contributed by atoms with Crippen LogP contribution in [0.2, 0.25) is 0 Å². The van der Waals surface area contributed by atoms with Crippen LogP contribution in [0.15, 0.2) is 0 Å². The van der Waals surface area contributed by atoms with Crippen molar-refractivity contribution in [1.82, 2.24) is 5.06 Å². The van der Waals surface area contributed by atoms with E-state index in [1.54, 1.807) is 6.92 Å². The number of hydroxylamine groups is 2. The normalized spacial score (nSPS) is 23.0. The number of rotatable bonds is 2. The molecule has 1 fully saturated rings. The highest BCUT2D eigenvalue weighted by molar-refractivity contribution is 5.87. The topological polar surface area (TPSA) is 66.8 Å². The second-order valence-corrected chi connectivity index (χ2v) is 2.54. The van der Waals surface area contributed by atoms with E-state index in [0.29, 0.717) is 11.5 Å². The maximum atomic E-state index is 11.0. The summed E-state index contributed by atoms with van der Waals surface area (Å²) in [5.74, 6) is -0.959. The van der Waals surface area contributed by atoms with Gasteiger partial charge in [0.05, 0.1) is 6.61 Å². The van der Waals surface area contributed by atoms with Crippen LogP contribution in [0.3, 0.4) is 0 Å². The minimum absolute atomic E-state index is 0.208. The molecule has 1 rings (SSSR count). The average molecular weight is 173 g/mol. The second-order valence-electron chi connectivity index (χ2n) is 2.54. The van der Waals surface area contributed by atoms with Crippen molar-refractivity contribution in [2.75, 3.05) is 6.61 Å². The third-order valence-corrected chi connectivity index (χ3v) is 1.74. The molecule has 0 aromatic heterocycles. The lowest BCUT2D eigenvalue weighted by Crippen LogP contribution is -2.36. The van der Waals surface area contributed by atoms with Gasteiger partial charge in [0.2, 0.25) is 5.91 Å². The summed E-state index contributed by atoms with van der Waals surface area (Å²) in [4.78, 5) is 21.8. The fourth-order valence-electron chi connectivity index (χ4n) is 1.13. The van der Waals surface area contributed by atoms with Crippen LogP contribution in [0.5, 0.6) is 0 Å². The summed E-state index contributed by atoms with van der Waals surface area (Å²) in [7, 11) is 0. The molecule has 5 nitrogen and oxygen atoms in total.